The monoisotopic (exact) mass is 427 g/mol. The molecule has 0 spiro atoms. The number of unbranched alkanes of at least 4 members (excludes halogenated alkanes) is 5. The van der Waals surface area contributed by atoms with Gasteiger partial charge in [0.15, 0.2) is 0 Å². The summed E-state index contributed by atoms with van der Waals surface area (Å²) in [6.45, 7) is 0. The fraction of sp³-hybridized carbons (Fsp3) is 0.440. The molecule has 162 valence electrons. The molecule has 2 aromatic carbocycles. The van der Waals surface area contributed by atoms with Gasteiger partial charge in [-0.1, -0.05) is 68.1 Å². The van der Waals surface area contributed by atoms with Crippen LogP contribution >= 0.6 is 12.4 Å². The maximum Gasteiger partial charge on any atom is 0.238 e. The molecule has 1 aliphatic carbocycles. The molecule has 1 amide bonds. The number of amides is 1. The number of halogens is 1. The van der Waals surface area contributed by atoms with Crippen LogP contribution in [0.3, 0.4) is 0 Å². The van der Waals surface area contributed by atoms with E-state index >= 15 is 0 Å². The molecule has 0 atom stereocenters. The number of benzene rings is 2. The van der Waals surface area contributed by atoms with Crippen LogP contribution in [-0.4, -0.2) is 11.7 Å². The summed E-state index contributed by atoms with van der Waals surface area (Å²) >= 11 is 0. The first-order valence-electron chi connectivity index (χ1n) is 10.9. The van der Waals surface area contributed by atoms with Crippen molar-refractivity contribution < 1.29 is 4.79 Å². The van der Waals surface area contributed by atoms with Gasteiger partial charge in [-0.05, 0) is 61.8 Å². The molecule has 4 N–H and O–H groups in total. The molecule has 0 heterocycles. The van der Waals surface area contributed by atoms with Gasteiger partial charge >= 0.3 is 0 Å². The molecule has 1 fully saturated rings. The van der Waals surface area contributed by atoms with Crippen LogP contribution in [0.2, 0.25) is 0 Å². The van der Waals surface area contributed by atoms with Crippen LogP contribution in [0.1, 0.15) is 62.5 Å². The number of rotatable bonds is 12. The fourth-order valence-corrected chi connectivity index (χ4v) is 3.76. The quantitative estimate of drug-likeness (QED) is 0.224. The van der Waals surface area contributed by atoms with Crippen LogP contribution in [0.15, 0.2) is 54.6 Å². The van der Waals surface area contributed by atoms with Gasteiger partial charge in [0, 0.05) is 5.69 Å². The summed E-state index contributed by atoms with van der Waals surface area (Å²) in [6, 6.07) is 18.8. The number of carbonyl (C=O) groups is 1. The Morgan fingerprint density at radius 3 is 1.83 bits per heavy atom. The Morgan fingerprint density at radius 2 is 1.33 bits per heavy atom. The number of nitrogens with one attached hydrogen (secondary N) is 2. The van der Waals surface area contributed by atoms with E-state index in [4.69, 9.17) is 11.1 Å². The molecule has 1 saturated carbocycles. The minimum Gasteiger partial charge on any atom is -0.387 e. The van der Waals surface area contributed by atoms with E-state index in [2.05, 4.69) is 47.8 Å². The van der Waals surface area contributed by atoms with E-state index in [0.717, 1.165) is 12.1 Å². The largest absolute Gasteiger partial charge is 0.387 e. The Morgan fingerprint density at radius 1 is 0.833 bits per heavy atom. The number of carbonyl (C=O) groups excluding carboxylic acids is 1. The van der Waals surface area contributed by atoms with Crippen LogP contribution in [0.4, 0.5) is 5.69 Å². The lowest BCUT2D eigenvalue weighted by molar-refractivity contribution is -0.119. The van der Waals surface area contributed by atoms with Crippen LogP contribution in [0.25, 0.3) is 0 Å². The number of anilines is 1. The van der Waals surface area contributed by atoms with Crippen molar-refractivity contribution in [2.75, 3.05) is 5.32 Å². The first-order valence-corrected chi connectivity index (χ1v) is 10.9. The van der Waals surface area contributed by atoms with Gasteiger partial charge in [-0.3, -0.25) is 10.2 Å². The lowest BCUT2D eigenvalue weighted by Crippen LogP contribution is -2.35. The third-order valence-electron chi connectivity index (χ3n) is 5.94. The zero-order chi connectivity index (χ0) is 20.5. The Balaban J connectivity index is 0.00000320. The van der Waals surface area contributed by atoms with Gasteiger partial charge in [0.1, 0.15) is 11.3 Å². The van der Waals surface area contributed by atoms with Crippen molar-refractivity contribution in [2.45, 2.75) is 64.2 Å². The van der Waals surface area contributed by atoms with Crippen molar-refractivity contribution in [1.29, 1.82) is 5.41 Å². The highest BCUT2D eigenvalue weighted by molar-refractivity contribution is 6.13. The number of aryl methyl sites for hydroxylation is 2. The number of hydrogen-bond acceptors (Lipinski definition) is 2. The highest BCUT2D eigenvalue weighted by atomic mass is 35.5. The molecule has 5 heteroatoms. The molecule has 0 unspecified atom stereocenters. The number of hydrogen-bond donors (Lipinski definition) is 3. The summed E-state index contributed by atoms with van der Waals surface area (Å²) in [7, 11) is 0. The minimum absolute atomic E-state index is 0. The van der Waals surface area contributed by atoms with Gasteiger partial charge < -0.3 is 11.1 Å². The maximum absolute atomic E-state index is 12.3. The lowest BCUT2D eigenvalue weighted by Gasteiger charge is -2.13. The summed E-state index contributed by atoms with van der Waals surface area (Å²) in [5.74, 6) is -0.170. The standard InChI is InChI=1S/C25H33N3O.ClH/c26-23(27)25(18-19-25)24(29)28-22-16-14-21(15-17-22)13-7-4-2-1-3-6-10-20-11-8-5-9-12-20;/h5,8-9,11-12,14-17H,1-4,6-7,10,13,18-19H2,(H3,26,27)(H,28,29);1H. The molecule has 1 aliphatic rings. The highest BCUT2D eigenvalue weighted by Gasteiger charge is 2.53. The Hall–Kier alpha value is -2.33. The lowest BCUT2D eigenvalue weighted by atomic mass is 10.0. The smallest absolute Gasteiger partial charge is 0.238 e. The first kappa shape index (κ1) is 23.9. The van der Waals surface area contributed by atoms with Gasteiger partial charge in [0.05, 0.1) is 0 Å². The molecule has 0 radical (unpaired) electrons. The predicted molar refractivity (Wildman–Crippen MR) is 127 cm³/mol. The zero-order valence-corrected chi connectivity index (χ0v) is 18.5. The van der Waals surface area contributed by atoms with E-state index in [1.165, 1.54) is 56.1 Å². The molecule has 0 aliphatic heterocycles. The topological polar surface area (TPSA) is 79.0 Å². The summed E-state index contributed by atoms with van der Waals surface area (Å²) in [4.78, 5) is 12.3. The first-order chi connectivity index (χ1) is 14.1. The zero-order valence-electron chi connectivity index (χ0n) is 17.7. The second-order valence-corrected chi connectivity index (χ2v) is 8.25. The normalized spacial score (nSPS) is 13.9. The van der Waals surface area contributed by atoms with E-state index in [-0.39, 0.29) is 24.1 Å². The third kappa shape index (κ3) is 6.88. The molecular formula is C25H34ClN3O. The van der Waals surface area contributed by atoms with Crippen LogP contribution < -0.4 is 11.1 Å². The summed E-state index contributed by atoms with van der Waals surface area (Å²) in [5, 5.41) is 10.5. The Labute approximate surface area is 186 Å². The van der Waals surface area contributed by atoms with E-state index in [1.807, 2.05) is 12.1 Å². The molecule has 30 heavy (non-hydrogen) atoms. The summed E-state index contributed by atoms with van der Waals surface area (Å²) < 4.78 is 0. The second-order valence-electron chi connectivity index (χ2n) is 8.25. The highest BCUT2D eigenvalue weighted by Crippen LogP contribution is 2.46. The Bertz CT molecular complexity index is 801. The van der Waals surface area contributed by atoms with E-state index in [9.17, 15) is 4.79 Å². The van der Waals surface area contributed by atoms with Crippen LogP contribution in [0.5, 0.6) is 0 Å². The van der Waals surface area contributed by atoms with Crippen molar-refractivity contribution in [3.05, 3.63) is 65.7 Å². The van der Waals surface area contributed by atoms with E-state index in [1.54, 1.807) is 0 Å². The number of nitrogens with two attached hydrogens (primary N) is 1. The molecule has 4 nitrogen and oxygen atoms in total. The van der Waals surface area contributed by atoms with Gasteiger partial charge in [-0.25, -0.2) is 0 Å². The SMILES string of the molecule is Cl.N=C(N)C1(C(=O)Nc2ccc(CCCCCCCCc3ccccc3)cc2)CC1. The van der Waals surface area contributed by atoms with Gasteiger partial charge in [0.25, 0.3) is 0 Å². The molecule has 0 bridgehead atoms. The van der Waals surface area contributed by atoms with Crippen molar-refractivity contribution in [2.24, 2.45) is 11.1 Å². The number of amidine groups is 1. The Kier molecular flexibility index (Phi) is 9.38. The van der Waals surface area contributed by atoms with Gasteiger partial charge in [0.2, 0.25) is 5.91 Å². The molecular weight excluding hydrogens is 394 g/mol. The average molecular weight is 428 g/mol. The van der Waals surface area contributed by atoms with E-state index in [0.29, 0.717) is 12.8 Å². The van der Waals surface area contributed by atoms with Crippen LogP contribution in [0, 0.1) is 10.8 Å². The molecule has 0 saturated heterocycles. The average Bonchev–Trinajstić information content (AvgIpc) is 3.54. The summed E-state index contributed by atoms with van der Waals surface area (Å²) in [5.41, 5.74) is 8.35. The molecule has 3 rings (SSSR count). The second kappa shape index (κ2) is 11.8. The molecule has 0 aromatic heterocycles. The van der Waals surface area contributed by atoms with Gasteiger partial charge in [-0.15, -0.1) is 12.4 Å². The van der Waals surface area contributed by atoms with Crippen molar-refractivity contribution in [3.63, 3.8) is 0 Å². The maximum atomic E-state index is 12.3. The fourth-order valence-electron chi connectivity index (χ4n) is 3.76. The van der Waals surface area contributed by atoms with Crippen molar-refractivity contribution >= 4 is 29.8 Å². The summed E-state index contributed by atoms with van der Waals surface area (Å²) in [6.07, 6.45) is 11.3. The molecule has 2 aromatic rings. The van der Waals surface area contributed by atoms with Crippen molar-refractivity contribution in [3.8, 4) is 0 Å². The predicted octanol–water partition coefficient (Wildman–Crippen LogP) is 5.89. The van der Waals surface area contributed by atoms with Crippen molar-refractivity contribution in [1.82, 2.24) is 0 Å². The van der Waals surface area contributed by atoms with Gasteiger partial charge in [-0.2, -0.15) is 0 Å². The van der Waals surface area contributed by atoms with Crippen LogP contribution in [-0.2, 0) is 17.6 Å². The third-order valence-corrected chi connectivity index (χ3v) is 5.94. The minimum atomic E-state index is -0.750. The van der Waals surface area contributed by atoms with E-state index < -0.39 is 5.41 Å².